The topological polar surface area (TPSA) is 90.4 Å². The third kappa shape index (κ3) is 3.40. The highest BCUT2D eigenvalue weighted by Gasteiger charge is 2.14. The fourth-order valence-corrected chi connectivity index (χ4v) is 3.00. The molecule has 4 rings (SSSR count). The summed E-state index contributed by atoms with van der Waals surface area (Å²) in [6.07, 6.45) is 0. The summed E-state index contributed by atoms with van der Waals surface area (Å²) in [6, 6.07) is 20.5. The number of hydrogen-bond donors (Lipinski definition) is 2. The van der Waals surface area contributed by atoms with E-state index in [1.807, 2.05) is 54.6 Å². The molecule has 0 bridgehead atoms. The van der Waals surface area contributed by atoms with Gasteiger partial charge in [0.25, 0.3) is 0 Å². The summed E-state index contributed by atoms with van der Waals surface area (Å²) < 4.78 is 10.6. The summed E-state index contributed by atoms with van der Waals surface area (Å²) in [5.74, 6) is 0.155. The minimum absolute atomic E-state index is 0.356. The number of rotatable bonds is 5. The number of aromatic nitrogens is 1. The fraction of sp³-hybridized carbons (Fsp3) is 0.0909. The van der Waals surface area contributed by atoms with E-state index in [1.54, 1.807) is 12.1 Å². The number of carbonyl (C=O) groups excluding carboxylic acids is 1. The van der Waals surface area contributed by atoms with E-state index in [9.17, 15) is 4.79 Å². The second kappa shape index (κ2) is 7.44. The lowest BCUT2D eigenvalue weighted by atomic mass is 10.1. The van der Waals surface area contributed by atoms with Crippen LogP contribution in [0.4, 0.5) is 11.4 Å². The van der Waals surface area contributed by atoms with Crippen LogP contribution in [0.3, 0.4) is 0 Å². The molecule has 1 heterocycles. The van der Waals surface area contributed by atoms with Gasteiger partial charge in [0.2, 0.25) is 5.89 Å². The number of nitrogens with zero attached hydrogens (tertiary/aromatic N) is 1. The standard InChI is InChI=1S/C22H19N3O3/c1-27-22(26)15-11-9-14(10-12-15)13-24-20-16(5-4-6-17(20)23)21-25-18-7-2-3-8-19(18)28-21/h2-12,24H,13,23H2,1H3. The molecule has 3 N–H and O–H groups in total. The van der Waals surface area contributed by atoms with Gasteiger partial charge in [0.1, 0.15) is 5.52 Å². The zero-order valence-electron chi connectivity index (χ0n) is 15.3. The van der Waals surface area contributed by atoms with Crippen LogP contribution in [0.25, 0.3) is 22.6 Å². The lowest BCUT2D eigenvalue weighted by Crippen LogP contribution is -2.05. The zero-order chi connectivity index (χ0) is 19.5. The Bertz CT molecular complexity index is 1100. The Morgan fingerprint density at radius 1 is 1.07 bits per heavy atom. The molecule has 0 amide bonds. The van der Waals surface area contributed by atoms with Crippen LogP contribution in [0.5, 0.6) is 0 Å². The van der Waals surface area contributed by atoms with Crippen LogP contribution < -0.4 is 11.1 Å². The van der Waals surface area contributed by atoms with Crippen molar-refractivity contribution in [3.63, 3.8) is 0 Å². The SMILES string of the molecule is COC(=O)c1ccc(CNc2c(N)cccc2-c2nc3ccccc3o2)cc1. The number of fused-ring (bicyclic) bond motifs is 1. The monoisotopic (exact) mass is 373 g/mol. The molecule has 0 atom stereocenters. The molecule has 28 heavy (non-hydrogen) atoms. The number of benzene rings is 3. The van der Waals surface area contributed by atoms with Gasteiger partial charge in [-0.25, -0.2) is 9.78 Å². The van der Waals surface area contributed by atoms with Crippen molar-refractivity contribution in [3.05, 3.63) is 77.9 Å². The molecule has 0 radical (unpaired) electrons. The Morgan fingerprint density at radius 3 is 2.61 bits per heavy atom. The molecule has 0 aliphatic rings. The van der Waals surface area contributed by atoms with Crippen molar-refractivity contribution >= 4 is 28.4 Å². The quantitative estimate of drug-likeness (QED) is 0.396. The average molecular weight is 373 g/mol. The van der Waals surface area contributed by atoms with Gasteiger partial charge in [0, 0.05) is 6.54 Å². The van der Waals surface area contributed by atoms with E-state index in [0.717, 1.165) is 27.9 Å². The van der Waals surface area contributed by atoms with Gasteiger partial charge in [-0.1, -0.05) is 30.3 Å². The van der Waals surface area contributed by atoms with E-state index in [-0.39, 0.29) is 5.97 Å². The molecule has 0 fully saturated rings. The van der Waals surface area contributed by atoms with Crippen LogP contribution in [-0.4, -0.2) is 18.1 Å². The van der Waals surface area contributed by atoms with Gasteiger partial charge < -0.3 is 20.2 Å². The predicted molar refractivity (Wildman–Crippen MR) is 109 cm³/mol. The van der Waals surface area contributed by atoms with E-state index in [0.29, 0.717) is 23.7 Å². The Kier molecular flexibility index (Phi) is 4.68. The van der Waals surface area contributed by atoms with Crippen LogP contribution in [0.2, 0.25) is 0 Å². The summed E-state index contributed by atoms with van der Waals surface area (Å²) >= 11 is 0. The van der Waals surface area contributed by atoms with Crippen LogP contribution in [0.1, 0.15) is 15.9 Å². The first-order valence-corrected chi connectivity index (χ1v) is 8.81. The van der Waals surface area contributed by atoms with Crippen molar-refractivity contribution in [1.29, 1.82) is 0 Å². The number of anilines is 2. The molecule has 6 nitrogen and oxygen atoms in total. The number of nitrogens with one attached hydrogen (secondary N) is 1. The van der Waals surface area contributed by atoms with Crippen molar-refractivity contribution in [2.45, 2.75) is 6.54 Å². The highest BCUT2D eigenvalue weighted by Crippen LogP contribution is 2.34. The Labute approximate surface area is 162 Å². The van der Waals surface area contributed by atoms with E-state index in [4.69, 9.17) is 14.9 Å². The Balaban J connectivity index is 1.60. The van der Waals surface area contributed by atoms with Gasteiger partial charge in [-0.05, 0) is 42.0 Å². The molecule has 0 spiro atoms. The second-order valence-electron chi connectivity index (χ2n) is 6.30. The number of oxazole rings is 1. The van der Waals surface area contributed by atoms with Crippen LogP contribution in [0.15, 0.2) is 71.1 Å². The summed E-state index contributed by atoms with van der Waals surface area (Å²) in [6.45, 7) is 0.531. The number of esters is 1. The number of nitrogen functional groups attached to an aromatic ring is 1. The van der Waals surface area contributed by atoms with Gasteiger partial charge in [-0.15, -0.1) is 0 Å². The lowest BCUT2D eigenvalue weighted by Gasteiger charge is -2.13. The largest absolute Gasteiger partial charge is 0.465 e. The summed E-state index contributed by atoms with van der Waals surface area (Å²) in [5.41, 5.74) is 11.4. The van der Waals surface area contributed by atoms with Gasteiger partial charge in [-0.2, -0.15) is 0 Å². The van der Waals surface area contributed by atoms with Crippen LogP contribution in [-0.2, 0) is 11.3 Å². The molecular weight excluding hydrogens is 354 g/mol. The maximum absolute atomic E-state index is 11.6. The first kappa shape index (κ1) is 17.6. The van der Waals surface area contributed by atoms with Crippen molar-refractivity contribution in [2.75, 3.05) is 18.2 Å². The highest BCUT2D eigenvalue weighted by molar-refractivity contribution is 5.89. The molecule has 0 unspecified atom stereocenters. The van der Waals surface area contributed by atoms with E-state index in [2.05, 4.69) is 10.3 Å². The summed E-state index contributed by atoms with van der Waals surface area (Å²) in [7, 11) is 1.36. The molecule has 6 heteroatoms. The average Bonchev–Trinajstić information content (AvgIpc) is 3.16. The molecular formula is C22H19N3O3. The van der Waals surface area contributed by atoms with Gasteiger partial charge in [0.15, 0.2) is 5.58 Å². The molecule has 0 aliphatic heterocycles. The second-order valence-corrected chi connectivity index (χ2v) is 6.30. The third-order valence-electron chi connectivity index (χ3n) is 4.47. The minimum atomic E-state index is -0.356. The number of nitrogens with two attached hydrogens (primary N) is 1. The van der Waals surface area contributed by atoms with E-state index >= 15 is 0 Å². The minimum Gasteiger partial charge on any atom is -0.465 e. The molecule has 4 aromatic rings. The number of carbonyl (C=O) groups is 1. The first-order valence-electron chi connectivity index (χ1n) is 8.81. The molecule has 140 valence electrons. The molecule has 0 saturated carbocycles. The predicted octanol–water partition coefficient (Wildman–Crippen LogP) is 4.48. The number of ether oxygens (including phenoxy) is 1. The Hall–Kier alpha value is -3.80. The van der Waals surface area contributed by atoms with E-state index in [1.165, 1.54) is 7.11 Å². The van der Waals surface area contributed by atoms with Gasteiger partial charge >= 0.3 is 5.97 Å². The first-order chi connectivity index (χ1) is 13.7. The van der Waals surface area contributed by atoms with Crippen LogP contribution >= 0.6 is 0 Å². The lowest BCUT2D eigenvalue weighted by molar-refractivity contribution is 0.0600. The van der Waals surface area contributed by atoms with Crippen molar-refractivity contribution in [3.8, 4) is 11.5 Å². The summed E-state index contributed by atoms with van der Waals surface area (Å²) in [4.78, 5) is 16.1. The maximum atomic E-state index is 11.6. The molecule has 1 aromatic heterocycles. The Morgan fingerprint density at radius 2 is 1.86 bits per heavy atom. The van der Waals surface area contributed by atoms with Crippen molar-refractivity contribution < 1.29 is 13.9 Å². The number of hydrogen-bond acceptors (Lipinski definition) is 6. The molecule has 3 aromatic carbocycles. The van der Waals surface area contributed by atoms with Crippen molar-refractivity contribution in [2.24, 2.45) is 0 Å². The van der Waals surface area contributed by atoms with E-state index < -0.39 is 0 Å². The van der Waals surface area contributed by atoms with Gasteiger partial charge in [-0.3, -0.25) is 0 Å². The molecule has 0 aliphatic carbocycles. The normalized spacial score (nSPS) is 10.8. The molecule has 0 saturated heterocycles. The fourth-order valence-electron chi connectivity index (χ4n) is 3.00. The highest BCUT2D eigenvalue weighted by atomic mass is 16.5. The van der Waals surface area contributed by atoms with Crippen molar-refractivity contribution in [1.82, 2.24) is 4.98 Å². The summed E-state index contributed by atoms with van der Waals surface area (Å²) in [5, 5.41) is 3.36. The maximum Gasteiger partial charge on any atom is 0.337 e. The van der Waals surface area contributed by atoms with Gasteiger partial charge in [0.05, 0.1) is 29.6 Å². The van der Waals surface area contributed by atoms with Crippen LogP contribution in [0, 0.1) is 0 Å². The zero-order valence-corrected chi connectivity index (χ0v) is 15.3. The third-order valence-corrected chi connectivity index (χ3v) is 4.47. The smallest absolute Gasteiger partial charge is 0.337 e. The number of para-hydroxylation sites is 3. The number of methoxy groups -OCH3 is 1.